The standard InChI is InChI=1S/C29H29N3O4/c1-35-24-17-22-23(18-25(24)36-2)31-28(33)26(22)27(19-9-5-3-6-10-19)30-21-13-11-20(12-14-21)29(34)32-15-7-4-8-16-32/h3,5-6,9-14,17-18,30H,4,7-8,15-16H2,1-2H3,(H,31,33). The van der Waals surface area contributed by atoms with Crippen molar-refractivity contribution in [3.05, 3.63) is 83.4 Å². The fourth-order valence-electron chi connectivity index (χ4n) is 4.75. The van der Waals surface area contributed by atoms with Crippen LogP contribution in [0.4, 0.5) is 11.4 Å². The maximum atomic E-state index is 13.2. The number of hydrogen-bond acceptors (Lipinski definition) is 5. The van der Waals surface area contributed by atoms with Gasteiger partial charge in [-0.1, -0.05) is 30.3 Å². The third-order valence-corrected chi connectivity index (χ3v) is 6.63. The Labute approximate surface area is 210 Å². The Morgan fingerprint density at radius 1 is 0.861 bits per heavy atom. The number of piperidine rings is 1. The summed E-state index contributed by atoms with van der Waals surface area (Å²) in [5.41, 5.74) is 4.85. The highest BCUT2D eigenvalue weighted by Crippen LogP contribution is 2.43. The number of hydrogen-bond donors (Lipinski definition) is 2. The summed E-state index contributed by atoms with van der Waals surface area (Å²) < 4.78 is 10.9. The van der Waals surface area contributed by atoms with Gasteiger partial charge in [-0.15, -0.1) is 0 Å². The SMILES string of the molecule is COc1cc2c(cc1OC)C(=C(Nc1ccc(C(=O)N3CCCCC3)cc1)c1ccccc1)C(=O)N2. The Morgan fingerprint density at radius 3 is 2.19 bits per heavy atom. The van der Waals surface area contributed by atoms with Crippen molar-refractivity contribution in [1.82, 2.24) is 4.90 Å². The summed E-state index contributed by atoms with van der Waals surface area (Å²) in [7, 11) is 3.13. The predicted molar refractivity (Wildman–Crippen MR) is 141 cm³/mol. The van der Waals surface area contributed by atoms with Crippen LogP contribution in [-0.4, -0.2) is 44.0 Å². The fourth-order valence-corrected chi connectivity index (χ4v) is 4.75. The molecular formula is C29H29N3O4. The highest BCUT2D eigenvalue weighted by molar-refractivity contribution is 6.37. The molecule has 0 radical (unpaired) electrons. The smallest absolute Gasteiger partial charge is 0.258 e. The number of carbonyl (C=O) groups is 2. The molecule has 0 spiro atoms. The molecule has 0 unspecified atom stereocenters. The van der Waals surface area contributed by atoms with Crippen LogP contribution < -0.4 is 20.1 Å². The van der Waals surface area contributed by atoms with Crippen LogP contribution in [-0.2, 0) is 4.79 Å². The number of methoxy groups -OCH3 is 2. The predicted octanol–water partition coefficient (Wildman–Crippen LogP) is 5.26. The Hall–Kier alpha value is -4.26. The molecule has 1 fully saturated rings. The van der Waals surface area contributed by atoms with Crippen LogP contribution in [0.3, 0.4) is 0 Å². The first-order valence-electron chi connectivity index (χ1n) is 12.1. The van der Waals surface area contributed by atoms with E-state index in [-0.39, 0.29) is 11.8 Å². The molecular weight excluding hydrogens is 454 g/mol. The van der Waals surface area contributed by atoms with E-state index in [1.807, 2.05) is 65.6 Å². The number of nitrogens with zero attached hydrogens (tertiary/aromatic N) is 1. The molecule has 2 amide bonds. The molecule has 3 aromatic rings. The topological polar surface area (TPSA) is 79.9 Å². The molecule has 2 N–H and O–H groups in total. The van der Waals surface area contributed by atoms with Crippen LogP contribution in [0.5, 0.6) is 11.5 Å². The summed E-state index contributed by atoms with van der Waals surface area (Å²) >= 11 is 0. The van der Waals surface area contributed by atoms with Crippen molar-refractivity contribution in [2.45, 2.75) is 19.3 Å². The number of rotatable bonds is 6. The van der Waals surface area contributed by atoms with Crippen LogP contribution in [0.15, 0.2) is 66.7 Å². The lowest BCUT2D eigenvalue weighted by atomic mass is 9.99. The molecule has 7 nitrogen and oxygen atoms in total. The number of amides is 2. The van der Waals surface area contributed by atoms with Gasteiger partial charge in [-0.25, -0.2) is 0 Å². The summed E-state index contributed by atoms with van der Waals surface area (Å²) in [6.45, 7) is 1.62. The molecule has 0 saturated carbocycles. The van der Waals surface area contributed by atoms with Gasteiger partial charge >= 0.3 is 0 Å². The average molecular weight is 484 g/mol. The zero-order valence-corrected chi connectivity index (χ0v) is 20.5. The van der Waals surface area contributed by atoms with Gasteiger partial charge in [0.2, 0.25) is 0 Å². The minimum absolute atomic E-state index is 0.0630. The molecule has 184 valence electrons. The van der Waals surface area contributed by atoms with E-state index in [1.165, 1.54) is 6.42 Å². The normalized spacial score (nSPS) is 16.2. The second-order valence-electron chi connectivity index (χ2n) is 8.88. The second kappa shape index (κ2) is 10.2. The number of likely N-dealkylation sites (tertiary alicyclic amines) is 1. The van der Waals surface area contributed by atoms with Crippen LogP contribution in [0, 0.1) is 0 Å². The van der Waals surface area contributed by atoms with Crippen molar-refractivity contribution in [2.24, 2.45) is 0 Å². The van der Waals surface area contributed by atoms with Gasteiger partial charge in [0.05, 0.1) is 31.2 Å². The van der Waals surface area contributed by atoms with Crippen molar-refractivity contribution >= 4 is 34.5 Å². The van der Waals surface area contributed by atoms with Gasteiger partial charge in [0.1, 0.15) is 0 Å². The summed E-state index contributed by atoms with van der Waals surface area (Å²) in [5.74, 6) is 0.927. The number of anilines is 2. The average Bonchev–Trinajstić information content (AvgIpc) is 3.26. The molecule has 2 aliphatic rings. The van der Waals surface area contributed by atoms with Gasteiger partial charge in [-0.2, -0.15) is 0 Å². The Morgan fingerprint density at radius 2 is 1.53 bits per heavy atom. The highest BCUT2D eigenvalue weighted by atomic mass is 16.5. The van der Waals surface area contributed by atoms with Crippen molar-refractivity contribution in [3.8, 4) is 11.5 Å². The summed E-state index contributed by atoms with van der Waals surface area (Å²) in [6, 6.07) is 20.7. The number of carbonyl (C=O) groups excluding carboxylic acids is 2. The molecule has 2 heterocycles. The van der Waals surface area contributed by atoms with Crippen LogP contribution in [0.1, 0.15) is 40.7 Å². The van der Waals surface area contributed by atoms with Crippen molar-refractivity contribution in [2.75, 3.05) is 37.9 Å². The van der Waals surface area contributed by atoms with Crippen molar-refractivity contribution in [3.63, 3.8) is 0 Å². The van der Waals surface area contributed by atoms with Gasteiger partial charge in [0.25, 0.3) is 11.8 Å². The van der Waals surface area contributed by atoms with E-state index in [2.05, 4.69) is 10.6 Å². The maximum Gasteiger partial charge on any atom is 0.258 e. The van der Waals surface area contributed by atoms with Gasteiger partial charge in [-0.05, 0) is 55.2 Å². The summed E-state index contributed by atoms with van der Waals surface area (Å²) in [5, 5.41) is 6.39. The minimum atomic E-state index is -0.219. The fraction of sp³-hybridized carbons (Fsp3) is 0.241. The van der Waals surface area contributed by atoms with E-state index in [0.29, 0.717) is 34.0 Å². The van der Waals surface area contributed by atoms with E-state index < -0.39 is 0 Å². The molecule has 0 aliphatic carbocycles. The first-order chi connectivity index (χ1) is 17.6. The van der Waals surface area contributed by atoms with Crippen molar-refractivity contribution < 1.29 is 19.1 Å². The van der Waals surface area contributed by atoms with E-state index in [9.17, 15) is 9.59 Å². The third-order valence-electron chi connectivity index (χ3n) is 6.63. The molecule has 0 atom stereocenters. The van der Waals surface area contributed by atoms with Gasteiger partial charge in [0.15, 0.2) is 11.5 Å². The molecule has 0 aromatic heterocycles. The maximum absolute atomic E-state index is 13.2. The first kappa shape index (κ1) is 23.5. The molecule has 3 aromatic carbocycles. The zero-order valence-electron chi connectivity index (χ0n) is 20.5. The number of benzene rings is 3. The highest BCUT2D eigenvalue weighted by Gasteiger charge is 2.30. The summed E-state index contributed by atoms with van der Waals surface area (Å²) in [4.78, 5) is 28.0. The van der Waals surface area contributed by atoms with Crippen LogP contribution in [0.2, 0.25) is 0 Å². The lowest BCUT2D eigenvalue weighted by Crippen LogP contribution is -2.35. The van der Waals surface area contributed by atoms with E-state index in [0.717, 1.165) is 42.7 Å². The van der Waals surface area contributed by atoms with Crippen molar-refractivity contribution in [1.29, 1.82) is 0 Å². The molecule has 7 heteroatoms. The number of ether oxygens (including phenoxy) is 2. The van der Waals surface area contributed by atoms with E-state index in [4.69, 9.17) is 9.47 Å². The molecule has 5 rings (SSSR count). The Kier molecular flexibility index (Phi) is 6.62. The van der Waals surface area contributed by atoms with Crippen LogP contribution in [0.25, 0.3) is 11.3 Å². The Balaban J connectivity index is 1.53. The monoisotopic (exact) mass is 483 g/mol. The number of fused-ring (bicyclic) bond motifs is 1. The third kappa shape index (κ3) is 4.52. The largest absolute Gasteiger partial charge is 0.493 e. The van der Waals surface area contributed by atoms with E-state index in [1.54, 1.807) is 20.3 Å². The lowest BCUT2D eigenvalue weighted by molar-refractivity contribution is -0.110. The molecule has 0 bridgehead atoms. The lowest BCUT2D eigenvalue weighted by Gasteiger charge is -2.26. The van der Waals surface area contributed by atoms with E-state index >= 15 is 0 Å². The zero-order chi connectivity index (χ0) is 25.1. The second-order valence-corrected chi connectivity index (χ2v) is 8.88. The molecule has 36 heavy (non-hydrogen) atoms. The number of nitrogens with one attached hydrogen (secondary N) is 2. The quantitative estimate of drug-likeness (QED) is 0.468. The minimum Gasteiger partial charge on any atom is -0.493 e. The first-order valence-corrected chi connectivity index (χ1v) is 12.1. The molecule has 2 aliphatic heterocycles. The van der Waals surface area contributed by atoms with Gasteiger partial charge < -0.3 is 25.0 Å². The van der Waals surface area contributed by atoms with Gasteiger partial charge in [-0.3, -0.25) is 9.59 Å². The summed E-state index contributed by atoms with van der Waals surface area (Å²) in [6.07, 6.45) is 3.29. The Bertz CT molecular complexity index is 1310. The van der Waals surface area contributed by atoms with Crippen LogP contribution >= 0.6 is 0 Å². The molecule has 1 saturated heterocycles. The van der Waals surface area contributed by atoms with Gasteiger partial charge in [0, 0.05) is 36.0 Å².